The van der Waals surface area contributed by atoms with Gasteiger partial charge in [-0.15, -0.1) is 0 Å². The zero-order chi connectivity index (χ0) is 7.56. The minimum absolute atomic E-state index is 1.00. The van der Waals surface area contributed by atoms with Crippen LogP contribution >= 0.6 is 11.8 Å². The van der Waals surface area contributed by atoms with Gasteiger partial charge < -0.3 is 4.57 Å². The van der Waals surface area contributed by atoms with Crippen molar-refractivity contribution in [3.8, 4) is 0 Å². The van der Waals surface area contributed by atoms with Crippen LogP contribution in [0.2, 0.25) is 0 Å². The van der Waals surface area contributed by atoms with E-state index in [1.807, 2.05) is 13.2 Å². The summed E-state index contributed by atoms with van der Waals surface area (Å²) in [7, 11) is 2.05. The van der Waals surface area contributed by atoms with Gasteiger partial charge in [0.25, 0.3) is 0 Å². The van der Waals surface area contributed by atoms with Crippen LogP contribution < -0.4 is 0 Å². The van der Waals surface area contributed by atoms with Crippen molar-refractivity contribution >= 4 is 11.8 Å². The molecule has 0 aromatic carbocycles. The standard InChI is InChI=1S/C7H12N2S/c1-6-4-8-7(5-10-3)9(6)2/h4H,5H2,1-3H3. The van der Waals surface area contributed by atoms with Gasteiger partial charge in [-0.2, -0.15) is 11.8 Å². The predicted octanol–water partition coefficient (Wildman–Crippen LogP) is 1.59. The van der Waals surface area contributed by atoms with Crippen molar-refractivity contribution in [2.45, 2.75) is 12.7 Å². The number of hydrogen-bond acceptors (Lipinski definition) is 2. The van der Waals surface area contributed by atoms with E-state index in [0.29, 0.717) is 0 Å². The summed E-state index contributed by atoms with van der Waals surface area (Å²) in [5.41, 5.74) is 1.23. The van der Waals surface area contributed by atoms with E-state index in [-0.39, 0.29) is 0 Å². The first-order chi connectivity index (χ1) is 4.75. The summed E-state index contributed by atoms with van der Waals surface area (Å²) < 4.78 is 2.12. The first-order valence-electron chi connectivity index (χ1n) is 3.22. The topological polar surface area (TPSA) is 17.8 Å². The van der Waals surface area contributed by atoms with Gasteiger partial charge in [0.05, 0.1) is 5.75 Å². The number of thioether (sulfide) groups is 1. The van der Waals surface area contributed by atoms with Gasteiger partial charge in [0, 0.05) is 18.9 Å². The fourth-order valence-electron chi connectivity index (χ4n) is 0.808. The van der Waals surface area contributed by atoms with Crippen LogP contribution in [0.25, 0.3) is 0 Å². The van der Waals surface area contributed by atoms with Gasteiger partial charge in [0.15, 0.2) is 0 Å². The Morgan fingerprint density at radius 3 is 2.80 bits per heavy atom. The van der Waals surface area contributed by atoms with Gasteiger partial charge in [0.1, 0.15) is 5.82 Å². The second-order valence-corrected chi connectivity index (χ2v) is 3.17. The molecular weight excluding hydrogens is 144 g/mol. The molecule has 1 rings (SSSR count). The fraction of sp³-hybridized carbons (Fsp3) is 0.571. The Balaban J connectivity index is 2.83. The van der Waals surface area contributed by atoms with Crippen molar-refractivity contribution in [1.82, 2.24) is 9.55 Å². The highest BCUT2D eigenvalue weighted by atomic mass is 32.2. The van der Waals surface area contributed by atoms with Crippen molar-refractivity contribution < 1.29 is 0 Å². The molecule has 1 heterocycles. The molecule has 0 aliphatic rings. The Hall–Kier alpha value is -0.440. The molecule has 0 amide bonds. The summed E-state index contributed by atoms with van der Waals surface area (Å²) in [4.78, 5) is 4.25. The van der Waals surface area contributed by atoms with Crippen molar-refractivity contribution in [3.63, 3.8) is 0 Å². The predicted molar refractivity (Wildman–Crippen MR) is 45.2 cm³/mol. The Labute approximate surface area is 65.7 Å². The third kappa shape index (κ3) is 1.34. The molecule has 0 spiro atoms. The number of aryl methyl sites for hydroxylation is 1. The Morgan fingerprint density at radius 1 is 1.70 bits per heavy atom. The average molecular weight is 156 g/mol. The summed E-state index contributed by atoms with van der Waals surface area (Å²) in [6.07, 6.45) is 4.00. The molecule has 0 bridgehead atoms. The summed E-state index contributed by atoms with van der Waals surface area (Å²) in [6.45, 7) is 2.07. The van der Waals surface area contributed by atoms with Crippen LogP contribution in [0.1, 0.15) is 11.5 Å². The van der Waals surface area contributed by atoms with Crippen molar-refractivity contribution in [2.24, 2.45) is 7.05 Å². The number of hydrogen-bond donors (Lipinski definition) is 0. The summed E-state index contributed by atoms with van der Waals surface area (Å²) in [5, 5.41) is 0. The van der Waals surface area contributed by atoms with Crippen LogP contribution in [0.4, 0.5) is 0 Å². The highest BCUT2D eigenvalue weighted by molar-refractivity contribution is 7.97. The van der Waals surface area contributed by atoms with E-state index in [2.05, 4.69) is 22.7 Å². The monoisotopic (exact) mass is 156 g/mol. The number of imidazole rings is 1. The highest BCUT2D eigenvalue weighted by Crippen LogP contribution is 2.07. The molecule has 0 unspecified atom stereocenters. The summed E-state index contributed by atoms with van der Waals surface area (Å²) >= 11 is 1.80. The van der Waals surface area contributed by atoms with Crippen molar-refractivity contribution in [1.29, 1.82) is 0 Å². The molecule has 56 valence electrons. The van der Waals surface area contributed by atoms with Crippen LogP contribution in [-0.4, -0.2) is 15.8 Å². The Kier molecular flexibility index (Phi) is 2.38. The third-order valence-corrected chi connectivity index (χ3v) is 2.14. The van der Waals surface area contributed by atoms with Gasteiger partial charge in [0.2, 0.25) is 0 Å². The molecule has 0 fully saturated rings. The first kappa shape index (κ1) is 7.66. The van der Waals surface area contributed by atoms with E-state index in [4.69, 9.17) is 0 Å². The molecular formula is C7H12N2S. The third-order valence-electron chi connectivity index (χ3n) is 1.59. The quantitative estimate of drug-likeness (QED) is 0.647. The maximum absolute atomic E-state index is 4.25. The van der Waals surface area contributed by atoms with Crippen LogP contribution in [0.5, 0.6) is 0 Å². The second kappa shape index (κ2) is 3.10. The molecule has 0 aliphatic carbocycles. The molecule has 0 atom stereocenters. The second-order valence-electron chi connectivity index (χ2n) is 2.31. The van der Waals surface area contributed by atoms with E-state index >= 15 is 0 Å². The zero-order valence-corrected chi connectivity index (χ0v) is 7.40. The minimum atomic E-state index is 1.00. The van der Waals surface area contributed by atoms with E-state index < -0.39 is 0 Å². The van der Waals surface area contributed by atoms with E-state index in [9.17, 15) is 0 Å². The maximum atomic E-state index is 4.25. The molecule has 0 N–H and O–H groups in total. The largest absolute Gasteiger partial charge is 0.335 e. The van der Waals surface area contributed by atoms with Gasteiger partial charge in [-0.3, -0.25) is 0 Å². The van der Waals surface area contributed by atoms with Crippen molar-refractivity contribution in [3.05, 3.63) is 17.7 Å². The number of aromatic nitrogens is 2. The van der Waals surface area contributed by atoms with Gasteiger partial charge in [-0.25, -0.2) is 4.98 Å². The van der Waals surface area contributed by atoms with Gasteiger partial charge in [-0.1, -0.05) is 0 Å². The normalized spacial score (nSPS) is 10.3. The molecule has 10 heavy (non-hydrogen) atoms. The Bertz CT molecular complexity index is 217. The average Bonchev–Trinajstić information content (AvgIpc) is 2.20. The molecule has 0 saturated carbocycles. The smallest absolute Gasteiger partial charge is 0.118 e. The Morgan fingerprint density at radius 2 is 2.40 bits per heavy atom. The summed E-state index contributed by atoms with van der Waals surface area (Å²) in [6, 6.07) is 0. The molecule has 1 aromatic rings. The van der Waals surface area contributed by atoms with Crippen LogP contribution in [0.3, 0.4) is 0 Å². The van der Waals surface area contributed by atoms with Crippen molar-refractivity contribution in [2.75, 3.05) is 6.26 Å². The molecule has 0 radical (unpaired) electrons. The maximum Gasteiger partial charge on any atom is 0.118 e. The fourth-order valence-corrected chi connectivity index (χ4v) is 1.33. The lowest BCUT2D eigenvalue weighted by molar-refractivity contribution is 0.820. The zero-order valence-electron chi connectivity index (χ0n) is 6.59. The summed E-state index contributed by atoms with van der Waals surface area (Å²) in [5.74, 6) is 2.16. The van der Waals surface area contributed by atoms with Gasteiger partial charge >= 0.3 is 0 Å². The number of nitrogens with zero attached hydrogens (tertiary/aromatic N) is 2. The van der Waals surface area contributed by atoms with E-state index in [1.54, 1.807) is 11.8 Å². The molecule has 3 heteroatoms. The minimum Gasteiger partial charge on any atom is -0.335 e. The lowest BCUT2D eigenvalue weighted by Gasteiger charge is -1.99. The molecule has 0 aliphatic heterocycles. The number of rotatable bonds is 2. The first-order valence-corrected chi connectivity index (χ1v) is 4.61. The lowest BCUT2D eigenvalue weighted by atomic mass is 10.5. The molecule has 1 aromatic heterocycles. The van der Waals surface area contributed by atoms with Crippen LogP contribution in [-0.2, 0) is 12.8 Å². The van der Waals surface area contributed by atoms with Crippen LogP contribution in [0, 0.1) is 6.92 Å². The van der Waals surface area contributed by atoms with Gasteiger partial charge in [-0.05, 0) is 13.2 Å². The van der Waals surface area contributed by atoms with Crippen LogP contribution in [0.15, 0.2) is 6.20 Å². The van der Waals surface area contributed by atoms with E-state index in [1.165, 1.54) is 5.69 Å². The molecule has 2 nitrogen and oxygen atoms in total. The SMILES string of the molecule is CSCc1ncc(C)n1C. The van der Waals surface area contributed by atoms with E-state index in [0.717, 1.165) is 11.6 Å². The highest BCUT2D eigenvalue weighted by Gasteiger charge is 1.99. The molecule has 0 saturated heterocycles. The lowest BCUT2D eigenvalue weighted by Crippen LogP contribution is -1.96.